The Morgan fingerprint density at radius 2 is 1.86 bits per heavy atom. The van der Waals surface area contributed by atoms with E-state index in [0.717, 1.165) is 44.2 Å². The number of carbonyl (C=O) groups is 1. The van der Waals surface area contributed by atoms with E-state index in [-0.39, 0.29) is 28.3 Å². The maximum absolute atomic E-state index is 14.4. The summed E-state index contributed by atoms with van der Waals surface area (Å²) in [5.41, 5.74) is -0.381. The third kappa shape index (κ3) is 7.58. The monoisotopic (exact) mass is 547 g/mol. The first kappa shape index (κ1) is 28.2. The van der Waals surface area contributed by atoms with Crippen LogP contribution in [0.15, 0.2) is 35.4 Å². The van der Waals surface area contributed by atoms with Crippen molar-refractivity contribution < 1.29 is 30.8 Å². The molecule has 1 aromatic heterocycles. The molecule has 1 aliphatic carbocycles. The zero-order valence-electron chi connectivity index (χ0n) is 20.0. The Labute approximate surface area is 212 Å². The normalized spacial score (nSPS) is 15.9. The first-order valence-electron chi connectivity index (χ1n) is 11.7. The van der Waals surface area contributed by atoms with Gasteiger partial charge in [-0.1, -0.05) is 31.4 Å². The fourth-order valence-corrected chi connectivity index (χ4v) is 5.79. The molecule has 0 saturated heterocycles. The van der Waals surface area contributed by atoms with E-state index < -0.39 is 39.5 Å². The Balaban J connectivity index is 1.72. The van der Waals surface area contributed by atoms with Gasteiger partial charge in [-0.25, -0.2) is 17.8 Å². The highest BCUT2D eigenvalue weighted by Crippen LogP contribution is 2.37. The Morgan fingerprint density at radius 1 is 1.17 bits per heavy atom. The molecule has 36 heavy (non-hydrogen) atoms. The third-order valence-corrected chi connectivity index (χ3v) is 8.72. The second-order valence-electron chi connectivity index (χ2n) is 8.72. The number of nitrogens with one attached hydrogen (secondary N) is 2. The van der Waals surface area contributed by atoms with Gasteiger partial charge in [0, 0.05) is 17.4 Å². The molecule has 12 heteroatoms. The lowest BCUT2D eigenvalue weighted by atomic mass is 9.99. The van der Waals surface area contributed by atoms with Crippen LogP contribution in [0, 0.1) is 5.82 Å². The van der Waals surface area contributed by atoms with Crippen LogP contribution in [0.1, 0.15) is 68.7 Å². The van der Waals surface area contributed by atoms with E-state index in [1.54, 1.807) is 6.92 Å². The van der Waals surface area contributed by atoms with Crippen LogP contribution in [0.3, 0.4) is 0 Å². The largest absolute Gasteiger partial charge is 0.433 e. The summed E-state index contributed by atoms with van der Waals surface area (Å²) in [5, 5.41) is 3.14. The molecule has 1 atom stereocenters. The number of benzene rings is 1. The highest BCUT2D eigenvalue weighted by atomic mass is 32.2. The average Bonchev–Trinajstić information content (AvgIpc) is 2.83. The molecule has 1 aromatic carbocycles. The van der Waals surface area contributed by atoms with Crippen LogP contribution in [0.2, 0.25) is 0 Å². The summed E-state index contributed by atoms with van der Waals surface area (Å²) in [4.78, 5) is 16.6. The van der Waals surface area contributed by atoms with E-state index in [4.69, 9.17) is 0 Å². The van der Waals surface area contributed by atoms with Gasteiger partial charge in [-0.2, -0.15) is 13.2 Å². The standard InChI is InChI=1S/C24H29F4N3O3S2/c1-3-36(33,34)31-20-11-9-16(13-19(20)25)15(2)22(32)29-14-17-10-12-21(24(26,27)28)30-23(17)35-18-7-5-4-6-8-18/h9-13,15,18,31H,3-8,14H2,1-2H3,(H,29,32). The van der Waals surface area contributed by atoms with Crippen molar-refractivity contribution in [1.29, 1.82) is 0 Å². The van der Waals surface area contributed by atoms with Gasteiger partial charge in [0.1, 0.15) is 16.5 Å². The lowest BCUT2D eigenvalue weighted by Crippen LogP contribution is -2.28. The second kappa shape index (κ2) is 11.8. The van der Waals surface area contributed by atoms with Gasteiger partial charge in [0.15, 0.2) is 0 Å². The molecule has 2 N–H and O–H groups in total. The smallest absolute Gasteiger partial charge is 0.351 e. The minimum Gasteiger partial charge on any atom is -0.351 e. The van der Waals surface area contributed by atoms with Crippen LogP contribution in [0.25, 0.3) is 0 Å². The number of amides is 1. The molecular weight excluding hydrogens is 518 g/mol. The van der Waals surface area contributed by atoms with Crippen molar-refractivity contribution in [2.75, 3.05) is 10.5 Å². The minimum atomic E-state index is -4.57. The number of halogens is 4. The summed E-state index contributed by atoms with van der Waals surface area (Å²) >= 11 is 1.32. The van der Waals surface area contributed by atoms with E-state index in [1.807, 2.05) is 0 Å². The summed E-state index contributed by atoms with van der Waals surface area (Å²) in [6.45, 7) is 2.95. The lowest BCUT2D eigenvalue weighted by Gasteiger charge is -2.22. The van der Waals surface area contributed by atoms with Crippen LogP contribution in [0.4, 0.5) is 23.2 Å². The highest BCUT2D eigenvalue weighted by Gasteiger charge is 2.33. The van der Waals surface area contributed by atoms with Crippen LogP contribution in [-0.2, 0) is 27.5 Å². The summed E-state index contributed by atoms with van der Waals surface area (Å²) in [5.74, 6) is -2.27. The summed E-state index contributed by atoms with van der Waals surface area (Å²) < 4.78 is 79.7. The molecule has 1 unspecified atom stereocenters. The quantitative estimate of drug-likeness (QED) is 0.385. The van der Waals surface area contributed by atoms with Crippen molar-refractivity contribution in [1.82, 2.24) is 10.3 Å². The number of pyridine rings is 1. The molecule has 1 fully saturated rings. The third-order valence-electron chi connectivity index (χ3n) is 6.05. The zero-order valence-corrected chi connectivity index (χ0v) is 21.6. The number of anilines is 1. The molecule has 1 aliphatic rings. The molecule has 6 nitrogen and oxygen atoms in total. The van der Waals surface area contributed by atoms with Crippen molar-refractivity contribution >= 4 is 33.4 Å². The number of nitrogens with zero attached hydrogens (tertiary/aromatic N) is 1. The van der Waals surface area contributed by atoms with E-state index in [2.05, 4.69) is 15.0 Å². The van der Waals surface area contributed by atoms with E-state index in [9.17, 15) is 30.8 Å². The molecule has 2 aromatic rings. The molecule has 198 valence electrons. The first-order chi connectivity index (χ1) is 16.9. The minimum absolute atomic E-state index is 0.0276. The number of hydrogen-bond donors (Lipinski definition) is 2. The van der Waals surface area contributed by atoms with Crippen LogP contribution in [0.5, 0.6) is 0 Å². The van der Waals surface area contributed by atoms with Crippen molar-refractivity contribution in [2.45, 2.75) is 74.9 Å². The lowest BCUT2D eigenvalue weighted by molar-refractivity contribution is -0.141. The Morgan fingerprint density at radius 3 is 2.47 bits per heavy atom. The summed E-state index contributed by atoms with van der Waals surface area (Å²) in [7, 11) is -3.66. The number of thioether (sulfide) groups is 1. The van der Waals surface area contributed by atoms with Crippen LogP contribution >= 0.6 is 11.8 Å². The van der Waals surface area contributed by atoms with E-state index in [1.165, 1.54) is 36.9 Å². The molecule has 1 amide bonds. The zero-order chi connectivity index (χ0) is 26.5. The van der Waals surface area contributed by atoms with Gasteiger partial charge < -0.3 is 5.32 Å². The van der Waals surface area contributed by atoms with Gasteiger partial charge in [-0.05, 0) is 50.5 Å². The van der Waals surface area contributed by atoms with Crippen LogP contribution in [-0.4, -0.2) is 30.3 Å². The summed E-state index contributed by atoms with van der Waals surface area (Å²) in [6, 6.07) is 6.02. The Hall–Kier alpha value is -2.34. The topological polar surface area (TPSA) is 88.2 Å². The molecule has 0 spiro atoms. The second-order valence-corrected chi connectivity index (χ2v) is 12.0. The van der Waals surface area contributed by atoms with Gasteiger partial charge in [0.2, 0.25) is 15.9 Å². The SMILES string of the molecule is CCS(=O)(=O)Nc1ccc(C(C)C(=O)NCc2ccc(C(F)(F)F)nc2SC2CCCCC2)cc1F. The van der Waals surface area contributed by atoms with Crippen molar-refractivity contribution in [3.05, 3.63) is 53.0 Å². The van der Waals surface area contributed by atoms with Gasteiger partial charge in [-0.3, -0.25) is 9.52 Å². The summed E-state index contributed by atoms with van der Waals surface area (Å²) in [6.07, 6.45) is 0.396. The number of aromatic nitrogens is 1. The molecule has 1 saturated carbocycles. The number of hydrogen-bond acceptors (Lipinski definition) is 5. The van der Waals surface area contributed by atoms with E-state index >= 15 is 0 Å². The van der Waals surface area contributed by atoms with Crippen molar-refractivity contribution in [3.63, 3.8) is 0 Å². The average molecular weight is 548 g/mol. The number of alkyl halides is 3. The van der Waals surface area contributed by atoms with Crippen molar-refractivity contribution in [2.24, 2.45) is 0 Å². The predicted octanol–water partition coefficient (Wildman–Crippen LogP) is 5.85. The van der Waals surface area contributed by atoms with Crippen LogP contribution < -0.4 is 10.0 Å². The predicted molar refractivity (Wildman–Crippen MR) is 132 cm³/mol. The molecule has 1 heterocycles. The maximum atomic E-state index is 14.4. The van der Waals surface area contributed by atoms with Gasteiger partial charge in [0.05, 0.1) is 17.4 Å². The number of sulfonamides is 1. The fraction of sp³-hybridized carbons (Fsp3) is 0.500. The molecule has 0 radical (unpaired) electrons. The van der Waals surface area contributed by atoms with Gasteiger partial charge in [-0.15, -0.1) is 11.8 Å². The molecular formula is C24H29F4N3O3S2. The Bertz CT molecular complexity index is 1180. The Kier molecular flexibility index (Phi) is 9.26. The highest BCUT2D eigenvalue weighted by molar-refractivity contribution is 7.99. The fourth-order valence-electron chi connectivity index (χ4n) is 3.81. The van der Waals surface area contributed by atoms with Crippen molar-refractivity contribution in [3.8, 4) is 0 Å². The first-order valence-corrected chi connectivity index (χ1v) is 14.2. The molecule has 0 aliphatic heterocycles. The molecule has 0 bridgehead atoms. The van der Waals surface area contributed by atoms with Gasteiger partial charge in [0.25, 0.3) is 0 Å². The number of rotatable bonds is 9. The van der Waals surface area contributed by atoms with E-state index in [0.29, 0.717) is 11.1 Å². The van der Waals surface area contributed by atoms with Gasteiger partial charge >= 0.3 is 6.18 Å². The number of carbonyl (C=O) groups excluding carboxylic acids is 1. The maximum Gasteiger partial charge on any atom is 0.433 e. The molecule has 3 rings (SSSR count).